The van der Waals surface area contributed by atoms with Gasteiger partial charge in [0.2, 0.25) is 0 Å². The normalized spacial score (nSPS) is 26.5. The fourth-order valence-electron chi connectivity index (χ4n) is 2.26. The molecule has 1 rings (SSSR count). The van der Waals surface area contributed by atoms with Gasteiger partial charge in [-0.2, -0.15) is 0 Å². The van der Waals surface area contributed by atoms with Gasteiger partial charge in [-0.25, -0.2) is 0 Å². The molecule has 0 aromatic rings. The maximum absolute atomic E-state index is 12.1. The molecule has 1 atom stereocenters. The zero-order chi connectivity index (χ0) is 14.5. The molecule has 1 unspecified atom stereocenters. The molecule has 1 aliphatic rings. The molecule has 1 fully saturated rings. The fraction of sp³-hybridized carbons (Fsp3) is 0.923. The Morgan fingerprint density at radius 1 is 0.955 bits per heavy atom. The van der Waals surface area contributed by atoms with Crippen molar-refractivity contribution in [3.63, 3.8) is 0 Å². The molecule has 0 spiro atoms. The van der Waals surface area contributed by atoms with Gasteiger partial charge in [0, 0.05) is 0 Å². The van der Waals surface area contributed by atoms with Gasteiger partial charge in [-0.3, -0.25) is 0 Å². The Balaban J connectivity index is -0.00000120. The number of ketones is 1. The van der Waals surface area contributed by atoms with Crippen LogP contribution in [0.15, 0.2) is 0 Å². The van der Waals surface area contributed by atoms with Crippen molar-refractivity contribution in [3.8, 4) is 0 Å². The van der Waals surface area contributed by atoms with Crippen LogP contribution in [0, 0.1) is 0 Å². The summed E-state index contributed by atoms with van der Waals surface area (Å²) in [6, 6.07) is 0. The van der Waals surface area contributed by atoms with Crippen LogP contribution in [0.25, 0.3) is 0 Å². The van der Waals surface area contributed by atoms with Crippen molar-refractivity contribution >= 4 is 5.78 Å². The maximum Gasteiger partial charge on any atom is -1.00 e. The number of Topliss-reactive ketones (excluding diaryl/α,β-unsaturated/α-hetero) is 1. The molecular weight excluding hydrogens is 382 g/mol. The average molecular weight is 410 g/mol. The third kappa shape index (κ3) is 8.81. The van der Waals surface area contributed by atoms with Gasteiger partial charge in [-0.15, -0.1) is 0 Å². The monoisotopic (exact) mass is 408 g/mol. The Hall–Kier alpha value is 1.09. The van der Waals surface area contributed by atoms with Crippen molar-refractivity contribution in [1.29, 1.82) is 0 Å². The van der Waals surface area contributed by atoms with E-state index < -0.39 is 3.84 Å². The van der Waals surface area contributed by atoms with Crippen molar-refractivity contribution in [2.24, 2.45) is 0 Å². The van der Waals surface area contributed by atoms with E-state index in [1.807, 2.05) is 0 Å². The van der Waals surface area contributed by atoms with Crippen LogP contribution in [0.2, 0.25) is 0 Å². The molecule has 1 saturated heterocycles. The Kier molecular flexibility index (Phi) is 17.0. The van der Waals surface area contributed by atoms with Crippen LogP contribution < -0.4 is 42.5 Å². The van der Waals surface area contributed by atoms with E-state index in [0.717, 1.165) is 45.8 Å². The summed E-state index contributed by atoms with van der Waals surface area (Å²) in [6.45, 7) is 8.42. The van der Waals surface area contributed by atoms with Gasteiger partial charge in [-0.1, -0.05) is 0 Å². The van der Waals surface area contributed by atoms with Crippen molar-refractivity contribution in [2.45, 2.75) is 10.8 Å². The minimum atomic E-state index is -0.394. The summed E-state index contributed by atoms with van der Waals surface area (Å²) in [5, 5.41) is 3.45. The quantitative estimate of drug-likeness (QED) is 0.436. The van der Waals surface area contributed by atoms with Crippen molar-refractivity contribution < 1.29 is 62.5 Å². The maximum atomic E-state index is 12.1. The van der Waals surface area contributed by atoms with Gasteiger partial charge in [-0.05, 0) is 0 Å². The number of nitrogens with one attached hydrogen (secondary N) is 1. The Morgan fingerprint density at radius 3 is 1.95 bits per heavy atom. The van der Waals surface area contributed by atoms with E-state index in [0.29, 0.717) is 0 Å². The summed E-state index contributed by atoms with van der Waals surface area (Å²) in [6.07, 6.45) is 0. The van der Waals surface area contributed by atoms with Crippen LogP contribution in [-0.2, 0) is 25.2 Å². The summed E-state index contributed by atoms with van der Waals surface area (Å²) in [4.78, 5) is 18.8. The van der Waals surface area contributed by atoms with E-state index in [1.54, 1.807) is 6.92 Å². The van der Waals surface area contributed by atoms with Gasteiger partial charge >= 0.3 is 129 Å². The summed E-state index contributed by atoms with van der Waals surface area (Å²) in [5.41, 5.74) is 0. The smallest absolute Gasteiger partial charge is 1.00 e. The summed E-state index contributed by atoms with van der Waals surface area (Å²) >= 11 is 2.06. The summed E-state index contributed by atoms with van der Waals surface area (Å²) in [5.74, 6) is 0.245. The molecule has 1 heterocycles. The molecule has 0 bridgehead atoms. The number of rotatable bonds is 1. The molecule has 0 aromatic heterocycles. The van der Waals surface area contributed by atoms with Crippen molar-refractivity contribution in [1.82, 2.24) is 20.0 Å². The van der Waals surface area contributed by atoms with Gasteiger partial charge in [0.25, 0.3) is 0 Å². The molecule has 1 aliphatic heterocycles. The van der Waals surface area contributed by atoms with E-state index in [-0.39, 0.29) is 43.0 Å². The first-order chi connectivity index (χ1) is 8.86. The third-order valence-electron chi connectivity index (χ3n) is 3.89. The number of nitrogens with zero attached hydrogens (tertiary/aromatic N) is 3. The van der Waals surface area contributed by atoms with Crippen LogP contribution in [0.4, 0.5) is 0 Å². The second kappa shape index (κ2) is 13.4. The standard InChI is InChI=1S/C13H27N4O.3ClH.Ti/c1-12(18)13-11-16(3)8-6-14-5-7-15(2)9-10-17(13)4;;;;/h14H,5-11H2,1-4H3;3*1H;/q;;;;+3/p-3. The van der Waals surface area contributed by atoms with Gasteiger partial charge in [0.15, 0.2) is 0 Å². The second-order valence-electron chi connectivity index (χ2n) is 5.63. The molecule has 9 heteroatoms. The predicted octanol–water partition coefficient (Wildman–Crippen LogP) is -9.77. The number of hydrogen-bond acceptors (Lipinski definition) is 5. The Morgan fingerprint density at radius 2 is 1.45 bits per heavy atom. The second-order valence-corrected chi connectivity index (χ2v) is 6.92. The van der Waals surface area contributed by atoms with Crippen LogP contribution >= 0.6 is 0 Å². The molecule has 0 radical (unpaired) electrons. The largest absolute Gasteiger partial charge is 1.00 e. The number of carbonyl (C=O) groups excluding carboxylic acids is 1. The molecule has 22 heavy (non-hydrogen) atoms. The minimum absolute atomic E-state index is 0. The topological polar surface area (TPSA) is 38.8 Å². The number of hydrogen-bond donors (Lipinski definition) is 1. The first-order valence-electron chi connectivity index (χ1n) is 6.91. The number of carbonyl (C=O) groups is 1. The first-order valence-corrected chi connectivity index (χ1v) is 7.69. The molecule has 0 aliphatic carbocycles. The van der Waals surface area contributed by atoms with E-state index in [4.69, 9.17) is 0 Å². The first kappa shape index (κ1) is 27.9. The molecule has 0 aromatic carbocycles. The van der Waals surface area contributed by atoms with Gasteiger partial charge in [0.1, 0.15) is 0 Å². The summed E-state index contributed by atoms with van der Waals surface area (Å²) < 4.78 is -0.394. The van der Waals surface area contributed by atoms with Crippen molar-refractivity contribution in [2.75, 3.05) is 67.0 Å². The Bertz CT molecular complexity index is 315. The van der Waals surface area contributed by atoms with E-state index in [2.05, 4.69) is 61.6 Å². The SMILES string of the molecule is CC(=O)[C]1([Ti+3])CN(C)CCNCCN(C)CCN1C.[Cl-].[Cl-].[Cl-]. The van der Waals surface area contributed by atoms with Crippen LogP contribution in [0.5, 0.6) is 0 Å². The van der Waals surface area contributed by atoms with Gasteiger partial charge in [0.05, 0.1) is 0 Å². The zero-order valence-corrected chi connectivity index (χ0v) is 17.7. The number of halogens is 3. The molecule has 5 nitrogen and oxygen atoms in total. The van der Waals surface area contributed by atoms with E-state index in [9.17, 15) is 4.79 Å². The molecule has 0 saturated carbocycles. The average Bonchev–Trinajstić information content (AvgIpc) is 2.33. The van der Waals surface area contributed by atoms with Crippen LogP contribution in [-0.4, -0.2) is 91.3 Å². The zero-order valence-electron chi connectivity index (χ0n) is 13.8. The van der Waals surface area contributed by atoms with Crippen LogP contribution in [0.3, 0.4) is 0 Å². The van der Waals surface area contributed by atoms with Gasteiger partial charge < -0.3 is 37.2 Å². The molecule has 130 valence electrons. The predicted molar refractivity (Wildman–Crippen MR) is 73.9 cm³/mol. The van der Waals surface area contributed by atoms with Crippen molar-refractivity contribution in [3.05, 3.63) is 0 Å². The van der Waals surface area contributed by atoms with E-state index >= 15 is 0 Å². The minimum Gasteiger partial charge on any atom is -1.00 e. The number of likely N-dealkylation sites (N-methyl/N-ethyl adjacent to an activating group) is 3. The third-order valence-corrected chi connectivity index (χ3v) is 5.28. The fourth-order valence-corrected chi connectivity index (χ4v) is 2.85. The van der Waals surface area contributed by atoms with E-state index in [1.165, 1.54) is 0 Å². The van der Waals surface area contributed by atoms with Crippen LogP contribution in [0.1, 0.15) is 6.92 Å². The molecular formula is C13H27Cl3N4OTi. The summed E-state index contributed by atoms with van der Waals surface area (Å²) in [7, 11) is 6.29. The molecule has 1 N–H and O–H groups in total. The molecule has 0 amide bonds. The Labute approximate surface area is 165 Å².